The summed E-state index contributed by atoms with van der Waals surface area (Å²) in [5.74, 6) is 1.15. The highest BCUT2D eigenvalue weighted by molar-refractivity contribution is 6.30. The molecular weight excluding hydrogens is 228 g/mol. The predicted octanol–water partition coefficient (Wildman–Crippen LogP) is 1.57. The number of nitrogens with two attached hydrogens (primary N) is 1. The van der Waals surface area contributed by atoms with E-state index in [2.05, 4.69) is 10.3 Å². The van der Waals surface area contributed by atoms with Crippen molar-refractivity contribution in [2.75, 3.05) is 12.8 Å². The lowest BCUT2D eigenvalue weighted by atomic mass is 10.2. The van der Waals surface area contributed by atoms with E-state index in [1.165, 1.54) is 0 Å². The number of halogens is 1. The second-order valence-corrected chi connectivity index (χ2v) is 3.73. The summed E-state index contributed by atoms with van der Waals surface area (Å²) >= 11 is 5.92. The number of benzene rings is 1. The van der Waals surface area contributed by atoms with Crippen LogP contribution in [0.4, 0.5) is 5.82 Å². The van der Waals surface area contributed by atoms with Crippen molar-refractivity contribution in [3.8, 4) is 5.75 Å². The molecule has 0 saturated heterocycles. The zero-order chi connectivity index (χ0) is 11.5. The van der Waals surface area contributed by atoms with Crippen molar-refractivity contribution in [2.45, 2.75) is 6.54 Å². The van der Waals surface area contributed by atoms with Gasteiger partial charge in [0.25, 0.3) is 0 Å². The fraction of sp³-hybridized carbons (Fsp3) is 0.200. The summed E-state index contributed by atoms with van der Waals surface area (Å²) in [6.45, 7) is 0.522. The first kappa shape index (κ1) is 10.8. The number of aromatic nitrogens is 3. The number of anilines is 1. The highest BCUT2D eigenvalue weighted by atomic mass is 35.5. The van der Waals surface area contributed by atoms with Gasteiger partial charge >= 0.3 is 0 Å². The molecule has 0 unspecified atom stereocenters. The van der Waals surface area contributed by atoms with E-state index >= 15 is 0 Å². The molecule has 0 fully saturated rings. The van der Waals surface area contributed by atoms with Gasteiger partial charge < -0.3 is 10.5 Å². The van der Waals surface area contributed by atoms with Crippen molar-refractivity contribution in [3.63, 3.8) is 0 Å². The maximum atomic E-state index is 5.92. The van der Waals surface area contributed by atoms with Gasteiger partial charge in [0, 0.05) is 10.6 Å². The molecule has 6 heteroatoms. The number of ether oxygens (including phenoxy) is 1. The molecule has 0 atom stereocenters. The molecule has 0 aliphatic rings. The Hall–Kier alpha value is -1.75. The number of hydrogen-bond donors (Lipinski definition) is 1. The molecule has 0 saturated carbocycles. The Labute approximate surface area is 97.8 Å². The SMILES string of the molecule is COc1ccc(Cl)cc1Cn1cc(N)nn1. The quantitative estimate of drug-likeness (QED) is 0.882. The van der Waals surface area contributed by atoms with Gasteiger partial charge in [-0.15, -0.1) is 5.10 Å². The molecular formula is C10H11ClN4O. The second kappa shape index (κ2) is 4.40. The average molecular weight is 239 g/mol. The van der Waals surface area contributed by atoms with Crippen molar-refractivity contribution in [1.29, 1.82) is 0 Å². The van der Waals surface area contributed by atoms with Gasteiger partial charge in [-0.2, -0.15) is 0 Å². The van der Waals surface area contributed by atoms with E-state index in [9.17, 15) is 0 Å². The number of rotatable bonds is 3. The summed E-state index contributed by atoms with van der Waals surface area (Å²) in [6.07, 6.45) is 1.65. The van der Waals surface area contributed by atoms with Crippen LogP contribution in [0.15, 0.2) is 24.4 Å². The van der Waals surface area contributed by atoms with Crippen LogP contribution in [0.2, 0.25) is 5.02 Å². The molecule has 0 amide bonds. The topological polar surface area (TPSA) is 66.0 Å². The molecule has 1 aromatic carbocycles. The summed E-state index contributed by atoms with van der Waals surface area (Å²) in [5, 5.41) is 8.22. The number of hydrogen-bond acceptors (Lipinski definition) is 4. The third kappa shape index (κ3) is 2.25. The lowest BCUT2D eigenvalue weighted by Crippen LogP contribution is -2.02. The molecule has 2 N–H and O–H groups in total. The lowest BCUT2D eigenvalue weighted by molar-refractivity contribution is 0.407. The first-order chi connectivity index (χ1) is 7.69. The van der Waals surface area contributed by atoms with Crippen LogP contribution >= 0.6 is 11.6 Å². The van der Waals surface area contributed by atoms with Crippen LogP contribution in [0, 0.1) is 0 Å². The van der Waals surface area contributed by atoms with Gasteiger partial charge in [-0.3, -0.25) is 0 Å². The van der Waals surface area contributed by atoms with E-state index in [-0.39, 0.29) is 0 Å². The molecule has 0 spiro atoms. The Balaban J connectivity index is 2.29. The van der Waals surface area contributed by atoms with Gasteiger partial charge in [0.05, 0.1) is 19.9 Å². The van der Waals surface area contributed by atoms with Gasteiger partial charge in [0.1, 0.15) is 5.75 Å². The van der Waals surface area contributed by atoms with Crippen molar-refractivity contribution >= 4 is 17.4 Å². The first-order valence-corrected chi connectivity index (χ1v) is 5.05. The Morgan fingerprint density at radius 3 is 2.94 bits per heavy atom. The fourth-order valence-corrected chi connectivity index (χ4v) is 1.63. The van der Waals surface area contributed by atoms with E-state index in [0.717, 1.165) is 11.3 Å². The zero-order valence-corrected chi connectivity index (χ0v) is 9.48. The van der Waals surface area contributed by atoms with E-state index in [0.29, 0.717) is 17.4 Å². The highest BCUT2D eigenvalue weighted by Gasteiger charge is 2.05. The van der Waals surface area contributed by atoms with Crippen LogP contribution in [0.25, 0.3) is 0 Å². The summed E-state index contributed by atoms with van der Waals surface area (Å²) in [5.41, 5.74) is 6.41. The third-order valence-corrected chi connectivity index (χ3v) is 2.37. The molecule has 16 heavy (non-hydrogen) atoms. The minimum absolute atomic E-state index is 0.390. The molecule has 2 aromatic rings. The van der Waals surface area contributed by atoms with Crippen LogP contribution in [-0.4, -0.2) is 22.1 Å². The smallest absolute Gasteiger partial charge is 0.165 e. The first-order valence-electron chi connectivity index (χ1n) is 4.67. The Kier molecular flexibility index (Phi) is 2.96. The lowest BCUT2D eigenvalue weighted by Gasteiger charge is -2.08. The van der Waals surface area contributed by atoms with Gasteiger partial charge in [0.15, 0.2) is 5.82 Å². The van der Waals surface area contributed by atoms with Gasteiger partial charge in [0.2, 0.25) is 0 Å². The van der Waals surface area contributed by atoms with Crippen molar-refractivity contribution in [2.24, 2.45) is 0 Å². The molecule has 1 aromatic heterocycles. The molecule has 84 valence electrons. The molecule has 0 aliphatic heterocycles. The fourth-order valence-electron chi connectivity index (χ4n) is 1.44. The van der Waals surface area contributed by atoms with Crippen LogP contribution < -0.4 is 10.5 Å². The number of methoxy groups -OCH3 is 1. The zero-order valence-electron chi connectivity index (χ0n) is 8.72. The monoisotopic (exact) mass is 238 g/mol. The second-order valence-electron chi connectivity index (χ2n) is 3.30. The molecule has 0 aliphatic carbocycles. The van der Waals surface area contributed by atoms with Crippen LogP contribution in [0.3, 0.4) is 0 Å². The minimum Gasteiger partial charge on any atom is -0.496 e. The van der Waals surface area contributed by atoms with Gasteiger partial charge in [-0.25, -0.2) is 4.68 Å². The Morgan fingerprint density at radius 2 is 2.31 bits per heavy atom. The van der Waals surface area contributed by atoms with Crippen LogP contribution in [0.5, 0.6) is 5.75 Å². The highest BCUT2D eigenvalue weighted by Crippen LogP contribution is 2.23. The van der Waals surface area contributed by atoms with Crippen LogP contribution in [-0.2, 0) is 6.54 Å². The largest absolute Gasteiger partial charge is 0.496 e. The van der Waals surface area contributed by atoms with Crippen molar-refractivity contribution < 1.29 is 4.74 Å². The van der Waals surface area contributed by atoms with Gasteiger partial charge in [-0.1, -0.05) is 16.8 Å². The maximum absolute atomic E-state index is 5.92. The van der Waals surface area contributed by atoms with Gasteiger partial charge in [-0.05, 0) is 18.2 Å². The molecule has 0 radical (unpaired) electrons. The van der Waals surface area contributed by atoms with Crippen molar-refractivity contribution in [1.82, 2.24) is 15.0 Å². The predicted molar refractivity (Wildman–Crippen MR) is 61.5 cm³/mol. The van der Waals surface area contributed by atoms with Crippen LogP contribution in [0.1, 0.15) is 5.56 Å². The summed E-state index contributed by atoms with van der Waals surface area (Å²) in [4.78, 5) is 0. The van der Waals surface area contributed by atoms with E-state index < -0.39 is 0 Å². The van der Waals surface area contributed by atoms with E-state index in [1.54, 1.807) is 24.1 Å². The minimum atomic E-state index is 0.390. The molecule has 5 nitrogen and oxygen atoms in total. The Bertz CT molecular complexity index is 497. The average Bonchev–Trinajstić information content (AvgIpc) is 2.64. The summed E-state index contributed by atoms with van der Waals surface area (Å²) in [7, 11) is 1.61. The van der Waals surface area contributed by atoms with E-state index in [1.807, 2.05) is 12.1 Å². The Morgan fingerprint density at radius 1 is 1.50 bits per heavy atom. The molecule has 0 bridgehead atoms. The van der Waals surface area contributed by atoms with E-state index in [4.69, 9.17) is 22.1 Å². The standard InChI is InChI=1S/C10H11ClN4O/c1-16-9-3-2-8(11)4-7(9)5-15-6-10(12)13-14-15/h2-4,6H,5,12H2,1H3. The summed E-state index contributed by atoms with van der Waals surface area (Å²) < 4.78 is 6.86. The molecule has 2 rings (SSSR count). The third-order valence-electron chi connectivity index (χ3n) is 2.13. The molecule has 1 heterocycles. The normalized spacial score (nSPS) is 10.4. The maximum Gasteiger partial charge on any atom is 0.165 e. The number of nitrogen functional groups attached to an aromatic ring is 1. The number of nitrogens with zero attached hydrogens (tertiary/aromatic N) is 3. The van der Waals surface area contributed by atoms with Crippen molar-refractivity contribution in [3.05, 3.63) is 35.0 Å². The summed E-state index contributed by atoms with van der Waals surface area (Å²) in [6, 6.07) is 5.43.